The van der Waals surface area contributed by atoms with Crippen LogP contribution in [-0.2, 0) is 4.79 Å². The van der Waals surface area contributed by atoms with E-state index < -0.39 is 5.60 Å². The minimum absolute atomic E-state index is 0.146. The van der Waals surface area contributed by atoms with Gasteiger partial charge in [-0.05, 0) is 44.4 Å². The van der Waals surface area contributed by atoms with E-state index in [9.17, 15) is 14.7 Å². The molecule has 1 amide bonds. The lowest BCUT2D eigenvalue weighted by molar-refractivity contribution is -0.123. The molecule has 33 heavy (non-hydrogen) atoms. The van der Waals surface area contributed by atoms with Crippen LogP contribution in [0, 0.1) is 0 Å². The minimum Gasteiger partial charge on any atom is -0.507 e. The van der Waals surface area contributed by atoms with E-state index in [-0.39, 0.29) is 53.6 Å². The first-order valence-corrected chi connectivity index (χ1v) is 12.1. The van der Waals surface area contributed by atoms with Crippen LogP contribution in [0.1, 0.15) is 48.9 Å². The van der Waals surface area contributed by atoms with Crippen molar-refractivity contribution in [2.45, 2.75) is 38.3 Å². The molecule has 2 heterocycles. The molecule has 3 N–H and O–H groups in total. The second-order valence-electron chi connectivity index (χ2n) is 8.61. The normalized spacial score (nSPS) is 15.5. The number of ketones is 1. The number of benzene rings is 2. The van der Waals surface area contributed by atoms with Gasteiger partial charge >= 0.3 is 0 Å². The zero-order chi connectivity index (χ0) is 23.6. The van der Waals surface area contributed by atoms with Crippen LogP contribution in [0.15, 0.2) is 36.4 Å². The zero-order valence-corrected chi connectivity index (χ0v) is 19.6. The maximum atomic E-state index is 12.7. The highest BCUT2D eigenvalue weighted by Gasteiger charge is 2.35. The smallest absolute Gasteiger partial charge is 0.258 e. The maximum Gasteiger partial charge on any atom is 0.258 e. The van der Waals surface area contributed by atoms with Crippen molar-refractivity contribution in [2.75, 3.05) is 18.6 Å². The number of aromatic nitrogens is 2. The van der Waals surface area contributed by atoms with E-state index in [0.29, 0.717) is 12.2 Å². The van der Waals surface area contributed by atoms with Gasteiger partial charge in [0.15, 0.2) is 12.4 Å². The molecule has 0 bridgehead atoms. The number of ether oxygens (including phenoxy) is 2. The van der Waals surface area contributed by atoms with Crippen molar-refractivity contribution in [3.05, 3.63) is 47.8 Å². The summed E-state index contributed by atoms with van der Waals surface area (Å²) in [5.41, 5.74) is 1.22. The van der Waals surface area contributed by atoms with Gasteiger partial charge in [-0.2, -0.15) is 11.8 Å². The van der Waals surface area contributed by atoms with E-state index in [1.165, 1.54) is 12.1 Å². The Balaban J connectivity index is 1.45. The van der Waals surface area contributed by atoms with E-state index in [1.54, 1.807) is 25.6 Å². The monoisotopic (exact) mass is 469 g/mol. The van der Waals surface area contributed by atoms with E-state index in [2.05, 4.69) is 15.3 Å². The topological polar surface area (TPSA) is 114 Å². The van der Waals surface area contributed by atoms with Gasteiger partial charge in [-0.25, -0.2) is 4.98 Å². The summed E-state index contributed by atoms with van der Waals surface area (Å²) >= 11 is 1.69. The second kappa shape index (κ2) is 9.35. The van der Waals surface area contributed by atoms with Gasteiger partial charge in [-0.15, -0.1) is 0 Å². The van der Waals surface area contributed by atoms with Gasteiger partial charge in [0.25, 0.3) is 5.91 Å². The molecule has 8 nitrogen and oxygen atoms in total. The summed E-state index contributed by atoms with van der Waals surface area (Å²) in [5, 5.41) is 13.3. The van der Waals surface area contributed by atoms with Gasteiger partial charge < -0.3 is 24.9 Å². The number of imidazole rings is 1. The summed E-state index contributed by atoms with van der Waals surface area (Å²) < 4.78 is 11.5. The Morgan fingerprint density at radius 2 is 2.15 bits per heavy atom. The van der Waals surface area contributed by atoms with Gasteiger partial charge in [0.1, 0.15) is 34.2 Å². The van der Waals surface area contributed by atoms with Crippen molar-refractivity contribution in [1.29, 1.82) is 0 Å². The lowest BCUT2D eigenvalue weighted by atomic mass is 9.92. The van der Waals surface area contributed by atoms with Gasteiger partial charge in [-0.1, -0.05) is 12.1 Å². The molecule has 0 saturated carbocycles. The molecule has 1 atom stereocenters. The van der Waals surface area contributed by atoms with E-state index in [0.717, 1.165) is 16.8 Å². The highest BCUT2D eigenvalue weighted by Crippen LogP contribution is 2.40. The molecule has 1 aliphatic rings. The minimum atomic E-state index is -0.677. The van der Waals surface area contributed by atoms with Crippen molar-refractivity contribution in [1.82, 2.24) is 15.3 Å². The number of aromatic hydroxyl groups is 1. The van der Waals surface area contributed by atoms with Crippen LogP contribution in [0.5, 0.6) is 17.2 Å². The number of fused-ring (bicyclic) bond motifs is 2. The van der Waals surface area contributed by atoms with Crippen molar-refractivity contribution in [3.8, 4) is 17.2 Å². The number of carbonyl (C=O) groups excluding carboxylic acids is 2. The summed E-state index contributed by atoms with van der Waals surface area (Å²) in [6, 6.07) is 10.3. The van der Waals surface area contributed by atoms with Crippen molar-refractivity contribution in [3.63, 3.8) is 0 Å². The van der Waals surface area contributed by atoms with Crippen LogP contribution in [0.4, 0.5) is 0 Å². The van der Waals surface area contributed by atoms with Gasteiger partial charge in [0.05, 0.1) is 23.5 Å². The number of Topliss-reactive ketones (excluding diaryl/α,β-unsaturated/α-hetero) is 1. The third-order valence-electron chi connectivity index (χ3n) is 5.36. The third-order valence-corrected chi connectivity index (χ3v) is 6.00. The van der Waals surface area contributed by atoms with E-state index in [1.807, 2.05) is 30.5 Å². The number of thioether (sulfide) groups is 1. The number of amides is 1. The summed E-state index contributed by atoms with van der Waals surface area (Å²) in [6.45, 7) is 3.35. The number of para-hydroxylation sites is 2. The Kier molecular flexibility index (Phi) is 6.51. The molecule has 1 aromatic heterocycles. The first-order valence-electron chi connectivity index (χ1n) is 10.7. The molecular formula is C24H27N3O5S. The summed E-state index contributed by atoms with van der Waals surface area (Å²) in [6.07, 6.45) is 2.89. The molecule has 174 valence electrons. The summed E-state index contributed by atoms with van der Waals surface area (Å²) in [7, 11) is 0. The Morgan fingerprint density at radius 3 is 2.91 bits per heavy atom. The molecule has 0 unspecified atom stereocenters. The van der Waals surface area contributed by atoms with Crippen LogP contribution >= 0.6 is 11.8 Å². The quantitative estimate of drug-likeness (QED) is 0.457. The maximum absolute atomic E-state index is 12.7. The molecule has 2 aromatic carbocycles. The number of phenolic OH excluding ortho intramolecular Hbond substituents is 1. The van der Waals surface area contributed by atoms with Gasteiger partial charge in [0, 0.05) is 12.1 Å². The molecule has 3 aromatic rings. The van der Waals surface area contributed by atoms with Crippen molar-refractivity contribution >= 4 is 34.5 Å². The van der Waals surface area contributed by atoms with Gasteiger partial charge in [0.2, 0.25) is 0 Å². The Hall–Kier alpha value is -3.20. The zero-order valence-electron chi connectivity index (χ0n) is 18.8. The fourth-order valence-electron chi connectivity index (χ4n) is 3.86. The van der Waals surface area contributed by atoms with Crippen LogP contribution in [-0.4, -0.2) is 51.0 Å². The molecular weight excluding hydrogens is 442 g/mol. The number of aromatic amines is 1. The third kappa shape index (κ3) is 5.24. The van der Waals surface area contributed by atoms with Crippen LogP contribution in [0.2, 0.25) is 0 Å². The molecule has 9 heteroatoms. The summed E-state index contributed by atoms with van der Waals surface area (Å²) in [4.78, 5) is 32.9. The largest absolute Gasteiger partial charge is 0.507 e. The molecule has 0 radical (unpaired) electrons. The first-order chi connectivity index (χ1) is 15.8. The van der Waals surface area contributed by atoms with E-state index in [4.69, 9.17) is 9.47 Å². The molecule has 0 spiro atoms. The number of phenols is 1. The predicted octanol–water partition coefficient (Wildman–Crippen LogP) is 4.00. The highest BCUT2D eigenvalue weighted by molar-refractivity contribution is 7.98. The fraction of sp³-hybridized carbons (Fsp3) is 0.375. The lowest BCUT2D eigenvalue weighted by Gasteiger charge is -2.32. The van der Waals surface area contributed by atoms with Gasteiger partial charge in [-0.3, -0.25) is 9.59 Å². The number of rotatable bonds is 8. The lowest BCUT2D eigenvalue weighted by Crippen LogP contribution is -2.36. The second-order valence-corrected chi connectivity index (χ2v) is 9.59. The molecule has 4 rings (SSSR count). The Bertz CT molecular complexity index is 1160. The number of hydrogen-bond acceptors (Lipinski definition) is 7. The van der Waals surface area contributed by atoms with Crippen LogP contribution in [0.3, 0.4) is 0 Å². The van der Waals surface area contributed by atoms with Crippen LogP contribution in [0.25, 0.3) is 11.0 Å². The number of nitrogens with zero attached hydrogens (tertiary/aromatic N) is 1. The van der Waals surface area contributed by atoms with Crippen molar-refractivity contribution in [2.24, 2.45) is 0 Å². The van der Waals surface area contributed by atoms with Crippen molar-refractivity contribution < 1.29 is 24.2 Å². The Morgan fingerprint density at radius 1 is 1.36 bits per heavy atom. The summed E-state index contributed by atoms with van der Waals surface area (Å²) in [5.74, 6) is 1.32. The molecule has 0 aliphatic carbocycles. The Labute approximate surface area is 196 Å². The van der Waals surface area contributed by atoms with Crippen LogP contribution < -0.4 is 14.8 Å². The average molecular weight is 470 g/mol. The fourth-order valence-corrected chi connectivity index (χ4v) is 4.34. The molecule has 0 saturated heterocycles. The predicted molar refractivity (Wildman–Crippen MR) is 127 cm³/mol. The SMILES string of the molecule is CSCC[C@H](NC(=O)COc1cc(O)c2c(c1)OC(C)(C)CC2=O)c1nc2ccccc2[nH]1. The number of H-pyrrole nitrogens is 1. The highest BCUT2D eigenvalue weighted by atomic mass is 32.2. The standard InChI is InChI=1S/C24H27N3O5S/c1-24(2)12-19(29)22-18(28)10-14(11-20(22)32-24)31-13-21(30)25-17(8-9-33-3)23-26-15-6-4-5-7-16(15)27-23/h4-7,10-11,17,28H,8-9,12-13H2,1-3H3,(H,25,30)(H,26,27)/t17-/m0/s1. The number of nitrogens with one attached hydrogen (secondary N) is 2. The number of hydrogen-bond donors (Lipinski definition) is 3. The average Bonchev–Trinajstić information content (AvgIpc) is 3.18. The van der Waals surface area contributed by atoms with E-state index >= 15 is 0 Å². The first kappa shape index (κ1) is 23.0. The molecule has 0 fully saturated rings. The number of carbonyl (C=O) groups is 2. The molecule has 1 aliphatic heterocycles.